The van der Waals surface area contributed by atoms with Gasteiger partial charge in [0.15, 0.2) is 0 Å². The number of nitrogens with zero attached hydrogens (tertiary/aromatic N) is 2. The second-order valence-electron chi connectivity index (χ2n) is 7.38. The number of carbonyl (C=O) groups excluding carboxylic acids is 1. The Morgan fingerprint density at radius 1 is 1.29 bits per heavy atom. The SMILES string of the molecule is CC(C)N(C)S(=O)(=O)c1ccc(NC(=O)CN2CCc3sccc3[C@@H]2C)cc1. The first-order valence-corrected chi connectivity index (χ1v) is 11.7. The molecular formula is C20H27N3O3S2. The highest BCUT2D eigenvalue weighted by atomic mass is 32.2. The van der Waals surface area contributed by atoms with Crippen molar-refractivity contribution in [1.82, 2.24) is 9.21 Å². The van der Waals surface area contributed by atoms with Crippen molar-refractivity contribution in [3.05, 3.63) is 46.2 Å². The van der Waals surface area contributed by atoms with Gasteiger partial charge in [0.2, 0.25) is 15.9 Å². The molecule has 1 aliphatic rings. The smallest absolute Gasteiger partial charge is 0.243 e. The Bertz CT molecular complexity index is 936. The largest absolute Gasteiger partial charge is 0.325 e. The van der Waals surface area contributed by atoms with Crippen LogP contribution in [0, 0.1) is 0 Å². The standard InChI is InChI=1S/C20H27N3O3S2/c1-14(2)22(4)28(25,26)17-7-5-16(6-8-17)21-20(24)13-23-11-9-19-18(15(23)3)10-12-27-19/h5-8,10,12,14-15H,9,11,13H2,1-4H3,(H,21,24)/t15-/m0/s1. The third-order valence-corrected chi connectivity index (χ3v) is 8.34. The molecule has 2 heterocycles. The maximum atomic E-state index is 12.5. The summed E-state index contributed by atoms with van der Waals surface area (Å²) in [7, 11) is -1.96. The molecule has 28 heavy (non-hydrogen) atoms. The van der Waals surface area contributed by atoms with E-state index in [1.165, 1.54) is 26.9 Å². The fraction of sp³-hybridized carbons (Fsp3) is 0.450. The number of hydrogen-bond donors (Lipinski definition) is 1. The van der Waals surface area contributed by atoms with Gasteiger partial charge in [-0.05, 0) is 68.5 Å². The first kappa shape index (κ1) is 21.0. The van der Waals surface area contributed by atoms with Crippen molar-refractivity contribution in [2.75, 3.05) is 25.5 Å². The Hall–Kier alpha value is -1.74. The zero-order valence-corrected chi connectivity index (χ0v) is 18.3. The third-order valence-electron chi connectivity index (χ3n) is 5.29. The summed E-state index contributed by atoms with van der Waals surface area (Å²) in [4.78, 5) is 16.3. The van der Waals surface area contributed by atoms with Crippen LogP contribution in [0.1, 0.15) is 37.3 Å². The van der Waals surface area contributed by atoms with Gasteiger partial charge in [0, 0.05) is 36.2 Å². The molecule has 0 fully saturated rings. The van der Waals surface area contributed by atoms with Gasteiger partial charge in [-0.2, -0.15) is 4.31 Å². The van der Waals surface area contributed by atoms with E-state index in [1.54, 1.807) is 30.5 Å². The van der Waals surface area contributed by atoms with Crippen LogP contribution >= 0.6 is 11.3 Å². The van der Waals surface area contributed by atoms with Gasteiger partial charge in [0.1, 0.15) is 0 Å². The van der Waals surface area contributed by atoms with E-state index in [2.05, 4.69) is 28.6 Å². The van der Waals surface area contributed by atoms with Crippen LogP contribution in [0.4, 0.5) is 5.69 Å². The summed E-state index contributed by atoms with van der Waals surface area (Å²) >= 11 is 1.78. The minimum absolute atomic E-state index is 0.0968. The first-order chi connectivity index (χ1) is 13.2. The summed E-state index contributed by atoms with van der Waals surface area (Å²) in [5, 5.41) is 4.98. The summed E-state index contributed by atoms with van der Waals surface area (Å²) in [6.45, 7) is 6.95. The minimum Gasteiger partial charge on any atom is -0.325 e. The number of carbonyl (C=O) groups is 1. The number of anilines is 1. The molecule has 0 unspecified atom stereocenters. The van der Waals surface area contributed by atoms with Gasteiger partial charge in [-0.25, -0.2) is 8.42 Å². The van der Waals surface area contributed by atoms with Gasteiger partial charge in [-0.1, -0.05) is 0 Å². The molecule has 0 saturated heterocycles. The molecule has 6 nitrogen and oxygen atoms in total. The van der Waals surface area contributed by atoms with Gasteiger partial charge >= 0.3 is 0 Å². The lowest BCUT2D eigenvalue weighted by molar-refractivity contribution is -0.117. The van der Waals surface area contributed by atoms with Crippen molar-refractivity contribution in [1.29, 1.82) is 0 Å². The molecule has 3 rings (SSSR count). The molecule has 2 aromatic rings. The summed E-state index contributed by atoms with van der Waals surface area (Å²) in [5.74, 6) is -0.0968. The molecule has 0 saturated carbocycles. The molecule has 1 aromatic heterocycles. The van der Waals surface area contributed by atoms with E-state index in [1.807, 2.05) is 13.8 Å². The molecule has 152 valence electrons. The van der Waals surface area contributed by atoms with Crippen molar-refractivity contribution in [3.8, 4) is 0 Å². The van der Waals surface area contributed by atoms with Crippen LogP contribution < -0.4 is 5.32 Å². The van der Waals surface area contributed by atoms with E-state index in [4.69, 9.17) is 0 Å². The van der Waals surface area contributed by atoms with E-state index >= 15 is 0 Å². The van der Waals surface area contributed by atoms with E-state index in [0.29, 0.717) is 12.2 Å². The normalized spacial score (nSPS) is 17.7. The molecule has 0 spiro atoms. The monoisotopic (exact) mass is 421 g/mol. The van der Waals surface area contributed by atoms with Gasteiger partial charge in [0.05, 0.1) is 11.4 Å². The number of amides is 1. The van der Waals surface area contributed by atoms with Crippen molar-refractivity contribution in [2.24, 2.45) is 0 Å². The Morgan fingerprint density at radius 2 is 1.96 bits per heavy atom. The van der Waals surface area contributed by atoms with Crippen molar-refractivity contribution >= 4 is 33.0 Å². The highest BCUT2D eigenvalue weighted by Crippen LogP contribution is 2.32. The second kappa shape index (κ2) is 8.32. The average Bonchev–Trinajstić information content (AvgIpc) is 3.13. The van der Waals surface area contributed by atoms with Crippen LogP contribution in [-0.2, 0) is 21.2 Å². The Labute approximate surface area is 171 Å². The molecule has 8 heteroatoms. The lowest BCUT2D eigenvalue weighted by Crippen LogP contribution is -2.39. The van der Waals surface area contributed by atoms with Crippen LogP contribution in [0.15, 0.2) is 40.6 Å². The fourth-order valence-electron chi connectivity index (χ4n) is 3.32. The van der Waals surface area contributed by atoms with Gasteiger partial charge in [0.25, 0.3) is 0 Å². The molecule has 0 radical (unpaired) electrons. The lowest BCUT2D eigenvalue weighted by Gasteiger charge is -2.32. The molecule has 1 atom stereocenters. The van der Waals surface area contributed by atoms with Gasteiger partial charge < -0.3 is 5.32 Å². The topological polar surface area (TPSA) is 69.7 Å². The number of thiophene rings is 1. The van der Waals surface area contributed by atoms with Gasteiger partial charge in [-0.15, -0.1) is 11.3 Å². The van der Waals surface area contributed by atoms with Crippen LogP contribution in [0.25, 0.3) is 0 Å². The predicted molar refractivity (Wildman–Crippen MR) is 113 cm³/mol. The van der Waals surface area contributed by atoms with Crippen molar-refractivity contribution < 1.29 is 13.2 Å². The zero-order valence-electron chi connectivity index (χ0n) is 16.7. The Morgan fingerprint density at radius 3 is 2.61 bits per heavy atom. The summed E-state index contributed by atoms with van der Waals surface area (Å²) in [6, 6.07) is 8.57. The fourth-order valence-corrected chi connectivity index (χ4v) is 5.65. The summed E-state index contributed by atoms with van der Waals surface area (Å²) < 4.78 is 26.4. The zero-order chi connectivity index (χ0) is 20.5. The minimum atomic E-state index is -3.52. The van der Waals surface area contributed by atoms with Gasteiger partial charge in [-0.3, -0.25) is 9.69 Å². The number of benzene rings is 1. The summed E-state index contributed by atoms with van der Waals surface area (Å²) in [5.41, 5.74) is 1.91. The molecule has 0 bridgehead atoms. The average molecular weight is 422 g/mol. The van der Waals surface area contributed by atoms with Crippen molar-refractivity contribution in [3.63, 3.8) is 0 Å². The molecule has 1 aromatic carbocycles. The highest BCUT2D eigenvalue weighted by molar-refractivity contribution is 7.89. The highest BCUT2D eigenvalue weighted by Gasteiger charge is 2.26. The predicted octanol–water partition coefficient (Wildman–Crippen LogP) is 3.33. The lowest BCUT2D eigenvalue weighted by atomic mass is 10.0. The quantitative estimate of drug-likeness (QED) is 0.777. The van der Waals surface area contributed by atoms with E-state index in [0.717, 1.165) is 13.0 Å². The maximum Gasteiger partial charge on any atom is 0.243 e. The maximum absolute atomic E-state index is 12.5. The number of hydrogen-bond acceptors (Lipinski definition) is 5. The Kier molecular flexibility index (Phi) is 6.24. The molecular weight excluding hydrogens is 394 g/mol. The molecule has 1 N–H and O–H groups in total. The second-order valence-corrected chi connectivity index (χ2v) is 10.4. The molecule has 0 aliphatic carbocycles. The van der Waals surface area contributed by atoms with Crippen molar-refractivity contribution in [2.45, 2.75) is 44.2 Å². The van der Waals surface area contributed by atoms with E-state index in [9.17, 15) is 13.2 Å². The third kappa shape index (κ3) is 4.30. The van der Waals surface area contributed by atoms with Crippen LogP contribution in [0.2, 0.25) is 0 Å². The number of sulfonamides is 1. The van der Waals surface area contributed by atoms with Crippen LogP contribution in [-0.4, -0.2) is 49.7 Å². The van der Waals surface area contributed by atoms with Crippen LogP contribution in [0.3, 0.4) is 0 Å². The molecule has 1 aliphatic heterocycles. The van der Waals surface area contributed by atoms with Crippen LogP contribution in [0.5, 0.6) is 0 Å². The number of rotatable bonds is 6. The number of nitrogens with one attached hydrogen (secondary N) is 1. The van der Waals surface area contributed by atoms with E-state index < -0.39 is 10.0 Å². The molecule has 1 amide bonds. The summed E-state index contributed by atoms with van der Waals surface area (Å²) in [6.07, 6.45) is 0.973. The van der Waals surface area contributed by atoms with E-state index in [-0.39, 0.29) is 22.9 Å². The Balaban J connectivity index is 1.62. The first-order valence-electron chi connectivity index (χ1n) is 9.38. The number of fused-ring (bicyclic) bond motifs is 1.